The Morgan fingerprint density at radius 1 is 1.05 bits per heavy atom. The minimum Gasteiger partial charge on any atom is -0.454 e. The summed E-state index contributed by atoms with van der Waals surface area (Å²) in [4.78, 5) is 36.6. The number of carbonyl (C=O) groups excluding carboxylic acids is 3. The standard InChI is InChI=1S/C36H54O5/c1-11-31(16-17-33-27(7)15-18-34(38)41-33)21-25(5)14-12-13-24(4)19-28(8)35(39)30(10)36(40)29(9)20-26(6)22-32(37)23(2)3/h12-13,15-19,21-23,25,27-30,33,36,40H,11,14,20H2,1-10H3/b13-12+,17-16+,24-19+,26-22+,31-21-/t25-,27-,28+,29-,30+,33+,36+/m0/s1. The zero-order valence-electron chi connectivity index (χ0n) is 27.0. The predicted molar refractivity (Wildman–Crippen MR) is 169 cm³/mol. The number of aliphatic hydroxyl groups excluding tert-OH is 1. The van der Waals surface area contributed by atoms with Crippen molar-refractivity contribution in [3.05, 3.63) is 71.4 Å². The maximum atomic E-state index is 13.1. The van der Waals surface area contributed by atoms with Gasteiger partial charge >= 0.3 is 5.97 Å². The zero-order valence-corrected chi connectivity index (χ0v) is 27.0. The summed E-state index contributed by atoms with van der Waals surface area (Å²) in [5, 5.41) is 10.9. The number of hydrogen-bond donors (Lipinski definition) is 1. The fourth-order valence-electron chi connectivity index (χ4n) is 4.95. The molecule has 0 bridgehead atoms. The summed E-state index contributed by atoms with van der Waals surface area (Å²) in [7, 11) is 0. The quantitative estimate of drug-likeness (QED) is 0.117. The minimum absolute atomic E-state index is 0.0149. The Balaban J connectivity index is 2.70. The molecule has 0 radical (unpaired) electrons. The first-order chi connectivity index (χ1) is 19.2. The largest absolute Gasteiger partial charge is 0.454 e. The molecular weight excluding hydrogens is 512 g/mol. The second-order valence-electron chi connectivity index (χ2n) is 12.3. The number of carbonyl (C=O) groups is 3. The lowest BCUT2D eigenvalue weighted by molar-refractivity contribution is -0.143. The molecule has 1 heterocycles. The van der Waals surface area contributed by atoms with Crippen LogP contribution in [0.4, 0.5) is 0 Å². The van der Waals surface area contributed by atoms with Gasteiger partial charge in [0.2, 0.25) is 0 Å². The van der Waals surface area contributed by atoms with E-state index < -0.39 is 12.0 Å². The first kappa shape index (κ1) is 36.2. The Morgan fingerprint density at radius 2 is 1.71 bits per heavy atom. The van der Waals surface area contributed by atoms with Gasteiger partial charge in [-0.05, 0) is 57.1 Å². The number of esters is 1. The van der Waals surface area contributed by atoms with Gasteiger partial charge in [-0.3, -0.25) is 9.59 Å². The topological polar surface area (TPSA) is 80.7 Å². The number of aliphatic hydroxyl groups is 1. The van der Waals surface area contributed by atoms with Gasteiger partial charge in [-0.15, -0.1) is 0 Å². The third-order valence-corrected chi connectivity index (χ3v) is 7.71. The van der Waals surface area contributed by atoms with Crippen molar-refractivity contribution in [2.24, 2.45) is 35.5 Å². The summed E-state index contributed by atoms with van der Waals surface area (Å²) in [5.74, 6) is -0.693. The molecular formula is C36H54O5. The van der Waals surface area contributed by atoms with E-state index in [0.717, 1.165) is 24.0 Å². The Hall–Kier alpha value is -2.79. The molecule has 0 aliphatic carbocycles. The van der Waals surface area contributed by atoms with Crippen LogP contribution in [0.3, 0.4) is 0 Å². The van der Waals surface area contributed by atoms with Gasteiger partial charge in [0.1, 0.15) is 11.9 Å². The Bertz CT molecular complexity index is 1070. The fourth-order valence-corrected chi connectivity index (χ4v) is 4.95. The van der Waals surface area contributed by atoms with Crippen LogP contribution >= 0.6 is 0 Å². The van der Waals surface area contributed by atoms with Gasteiger partial charge in [-0.2, -0.15) is 0 Å². The van der Waals surface area contributed by atoms with Crippen molar-refractivity contribution in [1.29, 1.82) is 0 Å². The van der Waals surface area contributed by atoms with Crippen molar-refractivity contribution in [3.63, 3.8) is 0 Å². The van der Waals surface area contributed by atoms with Crippen molar-refractivity contribution in [3.8, 4) is 0 Å². The molecule has 0 spiro atoms. The first-order valence-corrected chi connectivity index (χ1v) is 15.2. The van der Waals surface area contributed by atoms with Crippen molar-refractivity contribution in [1.82, 2.24) is 0 Å². The molecule has 7 atom stereocenters. The predicted octanol–water partition coefficient (Wildman–Crippen LogP) is 7.93. The molecule has 0 unspecified atom stereocenters. The van der Waals surface area contributed by atoms with Crippen molar-refractivity contribution >= 4 is 17.5 Å². The van der Waals surface area contributed by atoms with E-state index in [9.17, 15) is 19.5 Å². The SMILES string of the molecule is CCC(=C/[C@@H](C)C/C=C/C(C)=C/[C@@H](C)C(=O)[C@@H](C)[C@H](O)[C@@H](C)C/C(C)=C/C(=O)C(C)C)/C=C/[C@H]1OC(=O)C=C[C@@H]1C. The molecule has 5 heteroatoms. The van der Waals surface area contributed by atoms with Crippen LogP contribution in [0.1, 0.15) is 88.5 Å². The molecule has 228 valence electrons. The Kier molecular flexibility index (Phi) is 15.8. The lowest BCUT2D eigenvalue weighted by Gasteiger charge is -2.26. The molecule has 1 rings (SSSR count). The number of ketones is 2. The van der Waals surface area contributed by atoms with Crippen LogP contribution in [0.15, 0.2) is 71.4 Å². The highest BCUT2D eigenvalue weighted by Crippen LogP contribution is 2.24. The summed E-state index contributed by atoms with van der Waals surface area (Å²) in [6, 6.07) is 0. The monoisotopic (exact) mass is 566 g/mol. The zero-order chi connectivity index (χ0) is 31.3. The fraction of sp³-hybridized carbons (Fsp3) is 0.583. The van der Waals surface area contributed by atoms with Gasteiger partial charge in [-0.1, -0.05) is 109 Å². The number of cyclic esters (lactones) is 1. The number of rotatable bonds is 16. The molecule has 0 amide bonds. The maximum absolute atomic E-state index is 13.1. The van der Waals surface area contributed by atoms with E-state index in [2.05, 4.69) is 38.2 Å². The number of hydrogen-bond acceptors (Lipinski definition) is 5. The molecule has 0 aromatic carbocycles. The summed E-state index contributed by atoms with van der Waals surface area (Å²) >= 11 is 0. The van der Waals surface area contributed by atoms with Crippen LogP contribution in [0.5, 0.6) is 0 Å². The third-order valence-electron chi connectivity index (χ3n) is 7.71. The van der Waals surface area contributed by atoms with E-state index in [1.807, 2.05) is 66.7 Å². The van der Waals surface area contributed by atoms with E-state index in [4.69, 9.17) is 4.74 Å². The highest BCUT2D eigenvalue weighted by Gasteiger charge is 2.29. The summed E-state index contributed by atoms with van der Waals surface area (Å²) in [6.07, 6.45) is 18.8. The first-order valence-electron chi connectivity index (χ1n) is 15.2. The lowest BCUT2D eigenvalue weighted by atomic mass is 9.82. The van der Waals surface area contributed by atoms with Crippen LogP contribution in [-0.4, -0.2) is 34.9 Å². The van der Waals surface area contributed by atoms with E-state index >= 15 is 0 Å². The third kappa shape index (κ3) is 13.2. The molecule has 0 aromatic rings. The molecule has 1 aliphatic rings. The molecule has 0 aromatic heterocycles. The lowest BCUT2D eigenvalue weighted by Crippen LogP contribution is -2.34. The molecule has 5 nitrogen and oxygen atoms in total. The molecule has 1 aliphatic heterocycles. The maximum Gasteiger partial charge on any atom is 0.331 e. The van der Waals surface area contributed by atoms with Gasteiger partial charge in [0, 0.05) is 29.7 Å². The molecule has 0 saturated heterocycles. The summed E-state index contributed by atoms with van der Waals surface area (Å²) in [6.45, 7) is 19.6. The molecule has 0 saturated carbocycles. The van der Waals surface area contributed by atoms with Crippen LogP contribution in [0, 0.1) is 35.5 Å². The van der Waals surface area contributed by atoms with Crippen LogP contribution in [-0.2, 0) is 19.1 Å². The summed E-state index contributed by atoms with van der Waals surface area (Å²) < 4.78 is 5.40. The second kappa shape index (κ2) is 17.9. The van der Waals surface area contributed by atoms with Crippen molar-refractivity contribution in [2.75, 3.05) is 0 Å². The smallest absolute Gasteiger partial charge is 0.331 e. The number of ether oxygens (including phenoxy) is 1. The normalized spacial score (nSPS) is 22.6. The van der Waals surface area contributed by atoms with Gasteiger partial charge in [0.25, 0.3) is 0 Å². The Morgan fingerprint density at radius 3 is 2.32 bits per heavy atom. The number of allylic oxidation sites excluding steroid dienone is 9. The van der Waals surface area contributed by atoms with Crippen molar-refractivity contribution in [2.45, 2.75) is 101 Å². The molecule has 0 fully saturated rings. The minimum atomic E-state index is -0.772. The van der Waals surface area contributed by atoms with Crippen LogP contribution in [0.2, 0.25) is 0 Å². The van der Waals surface area contributed by atoms with Gasteiger partial charge in [-0.25, -0.2) is 4.79 Å². The average molecular weight is 567 g/mol. The van der Waals surface area contributed by atoms with E-state index in [1.54, 1.807) is 13.0 Å². The van der Waals surface area contributed by atoms with Crippen molar-refractivity contribution < 1.29 is 24.2 Å². The number of Topliss-reactive ketones (excluding diaryl/α,β-unsaturated/α-hetero) is 1. The molecule has 1 N–H and O–H groups in total. The van der Waals surface area contributed by atoms with Crippen LogP contribution in [0.25, 0.3) is 0 Å². The Labute approximate surface area is 249 Å². The highest BCUT2D eigenvalue weighted by molar-refractivity contribution is 5.91. The van der Waals surface area contributed by atoms with E-state index in [-0.39, 0.29) is 47.3 Å². The van der Waals surface area contributed by atoms with E-state index in [1.165, 1.54) is 11.6 Å². The highest BCUT2D eigenvalue weighted by atomic mass is 16.5. The average Bonchev–Trinajstić information content (AvgIpc) is 2.90. The second-order valence-corrected chi connectivity index (χ2v) is 12.3. The van der Waals surface area contributed by atoms with Gasteiger partial charge in [0.15, 0.2) is 5.78 Å². The van der Waals surface area contributed by atoms with Crippen LogP contribution < -0.4 is 0 Å². The van der Waals surface area contributed by atoms with Gasteiger partial charge < -0.3 is 9.84 Å². The summed E-state index contributed by atoms with van der Waals surface area (Å²) in [5.41, 5.74) is 3.14. The van der Waals surface area contributed by atoms with E-state index in [0.29, 0.717) is 12.3 Å². The van der Waals surface area contributed by atoms with Gasteiger partial charge in [0.05, 0.1) is 6.10 Å². The molecule has 41 heavy (non-hydrogen) atoms.